The largest absolute Gasteiger partial charge is 0.384 e. The number of nitrogens with zero attached hydrogens (tertiary/aromatic N) is 4. The SMILES string of the molecule is Cc1nc(N)ccc1CNC(=O)[C@@H]1CCc2cnc(N(C)c3ccc(-c4ccccc4)cc3)c(=O)n21. The molecular formula is C28H28N6O2. The number of carbonyl (C=O) groups excluding carboxylic acids is 1. The van der Waals surface area contributed by atoms with E-state index in [2.05, 4.69) is 27.4 Å². The Morgan fingerprint density at radius 2 is 1.81 bits per heavy atom. The minimum atomic E-state index is -0.579. The van der Waals surface area contributed by atoms with Crippen molar-refractivity contribution in [1.29, 1.82) is 0 Å². The second kappa shape index (κ2) is 9.65. The number of amides is 1. The van der Waals surface area contributed by atoms with Crippen molar-refractivity contribution in [3.63, 3.8) is 0 Å². The van der Waals surface area contributed by atoms with E-state index in [-0.39, 0.29) is 17.3 Å². The van der Waals surface area contributed by atoms with Crippen LogP contribution < -0.4 is 21.5 Å². The van der Waals surface area contributed by atoms with Crippen molar-refractivity contribution in [3.05, 3.63) is 100 Å². The second-order valence-corrected chi connectivity index (χ2v) is 8.97. The summed E-state index contributed by atoms with van der Waals surface area (Å²) in [6.45, 7) is 2.18. The van der Waals surface area contributed by atoms with Crippen LogP contribution in [-0.4, -0.2) is 27.5 Å². The standard InChI is InChI=1S/C28H28N6O2/c1-18-21(10-15-25(29)32-18)16-31-27(35)24-14-13-23-17-30-26(28(36)34(23)24)33(2)22-11-8-20(9-12-22)19-6-4-3-5-7-19/h3-12,15,17,24H,13-14,16H2,1-2H3,(H2,29,32)(H,31,35)/t24-/m0/s1. The first-order chi connectivity index (χ1) is 17.4. The highest BCUT2D eigenvalue weighted by atomic mass is 16.2. The molecule has 3 N–H and O–H groups in total. The molecule has 2 aromatic heterocycles. The summed E-state index contributed by atoms with van der Waals surface area (Å²) in [5, 5.41) is 2.96. The summed E-state index contributed by atoms with van der Waals surface area (Å²) in [4.78, 5) is 37.0. The van der Waals surface area contributed by atoms with E-state index in [1.807, 2.05) is 62.5 Å². The van der Waals surface area contributed by atoms with Crippen LogP contribution in [0.3, 0.4) is 0 Å². The van der Waals surface area contributed by atoms with Crippen molar-refractivity contribution >= 4 is 23.2 Å². The van der Waals surface area contributed by atoms with Gasteiger partial charge in [-0.05, 0) is 54.7 Å². The van der Waals surface area contributed by atoms with Gasteiger partial charge in [-0.15, -0.1) is 0 Å². The third-order valence-electron chi connectivity index (χ3n) is 6.69. The first-order valence-electron chi connectivity index (χ1n) is 11.9. The lowest BCUT2D eigenvalue weighted by atomic mass is 10.1. The van der Waals surface area contributed by atoms with Gasteiger partial charge in [0.05, 0.1) is 0 Å². The minimum Gasteiger partial charge on any atom is -0.384 e. The average molecular weight is 481 g/mol. The predicted molar refractivity (Wildman–Crippen MR) is 141 cm³/mol. The van der Waals surface area contributed by atoms with Crippen molar-refractivity contribution in [3.8, 4) is 11.1 Å². The number of anilines is 3. The molecule has 2 aromatic carbocycles. The molecule has 0 spiro atoms. The van der Waals surface area contributed by atoms with Gasteiger partial charge < -0.3 is 16.0 Å². The van der Waals surface area contributed by atoms with Crippen LogP contribution in [-0.2, 0) is 17.8 Å². The number of aryl methyl sites for hydroxylation is 2. The Kier molecular flexibility index (Phi) is 6.25. The number of fused-ring (bicyclic) bond motifs is 1. The molecule has 1 atom stereocenters. The molecule has 1 aliphatic rings. The first-order valence-corrected chi connectivity index (χ1v) is 11.9. The van der Waals surface area contributed by atoms with Gasteiger partial charge in [-0.3, -0.25) is 14.2 Å². The van der Waals surface area contributed by atoms with E-state index >= 15 is 0 Å². The Labute approximate surface area is 209 Å². The lowest BCUT2D eigenvalue weighted by molar-refractivity contribution is -0.124. The normalized spacial score (nSPS) is 14.3. The third kappa shape index (κ3) is 4.45. The molecule has 0 radical (unpaired) electrons. The van der Waals surface area contributed by atoms with Crippen molar-refractivity contribution in [2.75, 3.05) is 17.7 Å². The second-order valence-electron chi connectivity index (χ2n) is 8.97. The third-order valence-corrected chi connectivity index (χ3v) is 6.69. The number of rotatable bonds is 6. The number of nitrogens with one attached hydrogen (secondary N) is 1. The molecule has 1 aliphatic heterocycles. The number of nitrogen functional groups attached to an aromatic ring is 1. The van der Waals surface area contributed by atoms with Crippen LogP contribution in [0.2, 0.25) is 0 Å². The maximum atomic E-state index is 13.5. The van der Waals surface area contributed by atoms with Crippen LogP contribution in [0.1, 0.15) is 29.4 Å². The zero-order valence-corrected chi connectivity index (χ0v) is 20.3. The Balaban J connectivity index is 1.36. The molecule has 0 aliphatic carbocycles. The highest BCUT2D eigenvalue weighted by molar-refractivity contribution is 5.81. The molecule has 8 heteroatoms. The molecule has 0 saturated heterocycles. The number of carbonyl (C=O) groups is 1. The average Bonchev–Trinajstić information content (AvgIpc) is 3.34. The van der Waals surface area contributed by atoms with Gasteiger partial charge in [0.2, 0.25) is 5.91 Å². The van der Waals surface area contributed by atoms with E-state index < -0.39 is 6.04 Å². The molecule has 0 unspecified atom stereocenters. The lowest BCUT2D eigenvalue weighted by Crippen LogP contribution is -2.37. The van der Waals surface area contributed by atoms with Crippen molar-refractivity contribution in [1.82, 2.24) is 19.9 Å². The summed E-state index contributed by atoms with van der Waals surface area (Å²) in [6, 6.07) is 21.1. The fourth-order valence-electron chi connectivity index (χ4n) is 4.64. The van der Waals surface area contributed by atoms with Crippen LogP contribution in [0.5, 0.6) is 0 Å². The van der Waals surface area contributed by atoms with Crippen LogP contribution in [0.15, 0.2) is 77.7 Å². The van der Waals surface area contributed by atoms with Crippen LogP contribution in [0.25, 0.3) is 11.1 Å². The van der Waals surface area contributed by atoms with Gasteiger partial charge >= 0.3 is 0 Å². The lowest BCUT2D eigenvalue weighted by Gasteiger charge is -2.21. The summed E-state index contributed by atoms with van der Waals surface area (Å²) in [7, 11) is 1.81. The van der Waals surface area contributed by atoms with Crippen LogP contribution in [0, 0.1) is 6.92 Å². The number of benzene rings is 2. The zero-order chi connectivity index (χ0) is 25.2. The van der Waals surface area contributed by atoms with E-state index in [0.717, 1.165) is 33.8 Å². The van der Waals surface area contributed by atoms with Crippen molar-refractivity contribution < 1.29 is 4.79 Å². The summed E-state index contributed by atoms with van der Waals surface area (Å²) >= 11 is 0. The maximum absolute atomic E-state index is 13.5. The molecule has 5 rings (SSSR count). The monoisotopic (exact) mass is 480 g/mol. The van der Waals surface area contributed by atoms with Gasteiger partial charge in [-0.25, -0.2) is 9.97 Å². The molecule has 182 valence electrons. The Morgan fingerprint density at radius 1 is 1.08 bits per heavy atom. The van der Waals surface area contributed by atoms with E-state index in [9.17, 15) is 9.59 Å². The zero-order valence-electron chi connectivity index (χ0n) is 20.3. The molecule has 36 heavy (non-hydrogen) atoms. The number of hydrogen-bond acceptors (Lipinski definition) is 6. The van der Waals surface area contributed by atoms with Gasteiger partial charge in [0.15, 0.2) is 5.82 Å². The molecule has 1 amide bonds. The summed E-state index contributed by atoms with van der Waals surface area (Å²) in [5.41, 5.74) is 10.9. The summed E-state index contributed by atoms with van der Waals surface area (Å²) in [6.07, 6.45) is 2.88. The van der Waals surface area contributed by atoms with E-state index in [1.54, 1.807) is 21.7 Å². The Hall–Kier alpha value is -4.46. The van der Waals surface area contributed by atoms with Gasteiger partial charge in [-0.1, -0.05) is 48.5 Å². The predicted octanol–water partition coefficient (Wildman–Crippen LogP) is 3.77. The molecule has 4 aromatic rings. The Bertz CT molecular complexity index is 1460. The first kappa shape index (κ1) is 23.3. The van der Waals surface area contributed by atoms with Gasteiger partial charge in [0.1, 0.15) is 11.9 Å². The molecule has 3 heterocycles. The van der Waals surface area contributed by atoms with Gasteiger partial charge in [-0.2, -0.15) is 0 Å². The number of pyridine rings is 1. The van der Waals surface area contributed by atoms with Gasteiger partial charge in [0.25, 0.3) is 5.56 Å². The van der Waals surface area contributed by atoms with Crippen LogP contribution in [0.4, 0.5) is 17.3 Å². The quantitative estimate of drug-likeness (QED) is 0.435. The van der Waals surface area contributed by atoms with E-state index in [4.69, 9.17) is 5.73 Å². The Morgan fingerprint density at radius 3 is 2.53 bits per heavy atom. The number of aromatic nitrogens is 3. The smallest absolute Gasteiger partial charge is 0.294 e. The van der Waals surface area contributed by atoms with E-state index in [1.165, 1.54) is 0 Å². The number of nitrogens with two attached hydrogens (primary N) is 1. The van der Waals surface area contributed by atoms with Crippen molar-refractivity contribution in [2.24, 2.45) is 0 Å². The highest BCUT2D eigenvalue weighted by Crippen LogP contribution is 2.28. The molecule has 8 nitrogen and oxygen atoms in total. The molecule has 0 bridgehead atoms. The van der Waals surface area contributed by atoms with E-state index in [0.29, 0.717) is 25.2 Å². The summed E-state index contributed by atoms with van der Waals surface area (Å²) < 4.78 is 1.58. The highest BCUT2D eigenvalue weighted by Gasteiger charge is 2.31. The molecule has 0 saturated carbocycles. The van der Waals surface area contributed by atoms with Crippen molar-refractivity contribution in [2.45, 2.75) is 32.4 Å². The fraction of sp³-hybridized carbons (Fsp3) is 0.214. The van der Waals surface area contributed by atoms with Crippen LogP contribution >= 0.6 is 0 Å². The topological polar surface area (TPSA) is 106 Å². The number of hydrogen-bond donors (Lipinski definition) is 2. The summed E-state index contributed by atoms with van der Waals surface area (Å²) in [5.74, 6) is 0.529. The van der Waals surface area contributed by atoms with Gasteiger partial charge in [0, 0.05) is 36.9 Å². The molecular weight excluding hydrogens is 452 g/mol. The minimum absolute atomic E-state index is 0.195. The molecule has 0 fully saturated rings. The fourth-order valence-corrected chi connectivity index (χ4v) is 4.64. The maximum Gasteiger partial charge on any atom is 0.294 e.